The van der Waals surface area contributed by atoms with E-state index < -0.39 is 0 Å². The number of anilines is 1. The Morgan fingerprint density at radius 1 is 1.29 bits per heavy atom. The first-order chi connectivity index (χ1) is 10.1. The van der Waals surface area contributed by atoms with E-state index in [2.05, 4.69) is 18.3 Å². The fraction of sp³-hybridized carbons (Fsp3) is 0.471. The Kier molecular flexibility index (Phi) is 2.96. The van der Waals surface area contributed by atoms with Crippen LogP contribution in [0.2, 0.25) is 0 Å². The van der Waals surface area contributed by atoms with Crippen molar-refractivity contribution in [2.45, 2.75) is 38.6 Å². The molecule has 0 spiro atoms. The van der Waals surface area contributed by atoms with E-state index in [1.807, 2.05) is 12.1 Å². The number of benzene rings is 1. The van der Waals surface area contributed by atoms with Crippen LogP contribution in [0.5, 0.6) is 0 Å². The Morgan fingerprint density at radius 3 is 2.57 bits per heavy atom. The number of nitrogens with two attached hydrogens (primary N) is 1. The number of nitrogen functional groups attached to an aromatic ring is 1. The van der Waals surface area contributed by atoms with Crippen LogP contribution in [0, 0.1) is 18.8 Å². The Bertz CT molecular complexity index is 701. The molecule has 3 N–H and O–H groups in total. The third-order valence-corrected chi connectivity index (χ3v) is 5.81. The average molecular weight is 300 g/mol. The quantitative estimate of drug-likeness (QED) is 0.904. The third-order valence-electron chi connectivity index (χ3n) is 4.65. The fourth-order valence-corrected chi connectivity index (χ4v) is 4.26. The summed E-state index contributed by atoms with van der Waals surface area (Å²) in [5.74, 6) is 1.44. The molecule has 0 radical (unpaired) electrons. The molecular formula is C17H20N2OS. The summed E-state index contributed by atoms with van der Waals surface area (Å²) < 4.78 is 1.10. The number of nitrogens with one attached hydrogen (secondary N) is 1. The maximum Gasteiger partial charge on any atom is 0.263 e. The van der Waals surface area contributed by atoms with Crippen LogP contribution >= 0.6 is 11.3 Å². The van der Waals surface area contributed by atoms with Crippen molar-refractivity contribution in [2.75, 3.05) is 5.73 Å². The number of amides is 1. The molecule has 4 heteroatoms. The second-order valence-electron chi connectivity index (χ2n) is 6.52. The van der Waals surface area contributed by atoms with Crippen molar-refractivity contribution in [1.82, 2.24) is 5.32 Å². The molecule has 0 atom stereocenters. The lowest BCUT2D eigenvalue weighted by atomic mass is 10.1. The molecule has 2 saturated carbocycles. The number of fused-ring (bicyclic) bond motifs is 1. The first-order valence-corrected chi connectivity index (χ1v) is 8.54. The topological polar surface area (TPSA) is 55.1 Å². The van der Waals surface area contributed by atoms with Crippen molar-refractivity contribution in [3.8, 4) is 0 Å². The van der Waals surface area contributed by atoms with E-state index in [1.165, 1.54) is 42.6 Å². The molecule has 4 rings (SSSR count). The van der Waals surface area contributed by atoms with Gasteiger partial charge in [-0.3, -0.25) is 4.79 Å². The highest BCUT2D eigenvalue weighted by atomic mass is 32.1. The number of carbonyl (C=O) groups excluding carboxylic acids is 1. The molecule has 2 aromatic rings. The van der Waals surface area contributed by atoms with Gasteiger partial charge >= 0.3 is 0 Å². The zero-order valence-corrected chi connectivity index (χ0v) is 13.0. The van der Waals surface area contributed by atoms with E-state index in [0.717, 1.165) is 10.1 Å². The first kappa shape index (κ1) is 13.1. The van der Waals surface area contributed by atoms with Gasteiger partial charge in [0.25, 0.3) is 5.91 Å². The smallest absolute Gasteiger partial charge is 0.263 e. The van der Waals surface area contributed by atoms with E-state index in [0.29, 0.717) is 28.4 Å². The van der Waals surface area contributed by atoms with Gasteiger partial charge in [0.2, 0.25) is 0 Å². The molecule has 0 aliphatic heterocycles. The molecular weight excluding hydrogens is 280 g/mol. The number of rotatable bonds is 4. The van der Waals surface area contributed by atoms with E-state index in [9.17, 15) is 4.79 Å². The lowest BCUT2D eigenvalue weighted by molar-refractivity contribution is 0.0931. The summed E-state index contributed by atoms with van der Waals surface area (Å²) in [5.41, 5.74) is 8.03. The zero-order valence-electron chi connectivity index (χ0n) is 12.2. The van der Waals surface area contributed by atoms with Gasteiger partial charge in [-0.1, -0.05) is 12.1 Å². The number of aryl methyl sites for hydroxylation is 1. The van der Waals surface area contributed by atoms with Gasteiger partial charge < -0.3 is 11.1 Å². The molecule has 2 aliphatic rings. The van der Waals surface area contributed by atoms with E-state index in [4.69, 9.17) is 5.73 Å². The van der Waals surface area contributed by atoms with Gasteiger partial charge in [0, 0.05) is 16.1 Å². The van der Waals surface area contributed by atoms with Gasteiger partial charge in [0.05, 0.1) is 5.69 Å². The van der Waals surface area contributed by atoms with Crippen molar-refractivity contribution in [1.29, 1.82) is 0 Å². The summed E-state index contributed by atoms with van der Waals surface area (Å²) in [6, 6.07) is 6.55. The van der Waals surface area contributed by atoms with Crippen LogP contribution in [-0.2, 0) is 0 Å². The summed E-state index contributed by atoms with van der Waals surface area (Å²) in [6.07, 6.45) is 5.07. The summed E-state index contributed by atoms with van der Waals surface area (Å²) in [7, 11) is 0. The lowest BCUT2D eigenvalue weighted by Crippen LogP contribution is -2.37. The van der Waals surface area contributed by atoms with Crippen LogP contribution in [0.4, 0.5) is 5.69 Å². The van der Waals surface area contributed by atoms with Crippen molar-refractivity contribution >= 4 is 33.0 Å². The van der Waals surface area contributed by atoms with Crippen molar-refractivity contribution in [2.24, 2.45) is 11.8 Å². The minimum atomic E-state index is 0.0233. The van der Waals surface area contributed by atoms with Crippen LogP contribution in [0.15, 0.2) is 18.2 Å². The molecule has 110 valence electrons. The van der Waals surface area contributed by atoms with Crippen molar-refractivity contribution in [3.63, 3.8) is 0 Å². The molecule has 2 fully saturated rings. The maximum atomic E-state index is 12.6. The van der Waals surface area contributed by atoms with Gasteiger partial charge in [-0.05, 0) is 56.1 Å². The Labute approximate surface area is 128 Å². The highest BCUT2D eigenvalue weighted by Gasteiger charge is 2.42. The Balaban J connectivity index is 1.62. The molecule has 0 bridgehead atoms. The van der Waals surface area contributed by atoms with Crippen LogP contribution in [-0.4, -0.2) is 11.9 Å². The first-order valence-electron chi connectivity index (χ1n) is 7.73. The van der Waals surface area contributed by atoms with Crippen molar-refractivity contribution in [3.05, 3.63) is 28.6 Å². The number of carbonyl (C=O) groups is 1. The van der Waals surface area contributed by atoms with Crippen LogP contribution in [0.1, 0.15) is 40.9 Å². The molecule has 21 heavy (non-hydrogen) atoms. The number of hydrogen-bond donors (Lipinski definition) is 2. The molecule has 0 saturated heterocycles. The summed E-state index contributed by atoms with van der Waals surface area (Å²) in [5, 5.41) is 4.27. The SMILES string of the molecule is Cc1ccc2c(N)c(C(=O)NC(C3CC3)C3CC3)sc2c1. The molecule has 0 unspecified atom stereocenters. The van der Waals surface area contributed by atoms with Crippen LogP contribution in [0.3, 0.4) is 0 Å². The normalized spacial score (nSPS) is 18.4. The third kappa shape index (κ3) is 2.42. The highest BCUT2D eigenvalue weighted by Crippen LogP contribution is 2.45. The van der Waals surface area contributed by atoms with E-state index >= 15 is 0 Å². The summed E-state index contributed by atoms with van der Waals surface area (Å²) >= 11 is 1.52. The fourth-order valence-electron chi connectivity index (χ4n) is 3.14. The number of hydrogen-bond acceptors (Lipinski definition) is 3. The van der Waals surface area contributed by atoms with E-state index in [1.54, 1.807) is 0 Å². The van der Waals surface area contributed by atoms with E-state index in [-0.39, 0.29) is 5.91 Å². The molecule has 3 nitrogen and oxygen atoms in total. The highest BCUT2D eigenvalue weighted by molar-refractivity contribution is 7.21. The lowest BCUT2D eigenvalue weighted by Gasteiger charge is -2.17. The monoisotopic (exact) mass is 300 g/mol. The molecule has 1 aromatic heterocycles. The second-order valence-corrected chi connectivity index (χ2v) is 7.57. The zero-order chi connectivity index (χ0) is 14.6. The average Bonchev–Trinajstić information content (AvgIpc) is 3.35. The predicted molar refractivity (Wildman–Crippen MR) is 87.7 cm³/mol. The molecule has 1 aromatic carbocycles. The van der Waals surface area contributed by atoms with Gasteiger partial charge in [-0.15, -0.1) is 11.3 Å². The Hall–Kier alpha value is -1.55. The van der Waals surface area contributed by atoms with Gasteiger partial charge in [0.15, 0.2) is 0 Å². The maximum absolute atomic E-state index is 12.6. The predicted octanol–water partition coefficient (Wildman–Crippen LogP) is 3.71. The van der Waals surface area contributed by atoms with Crippen LogP contribution in [0.25, 0.3) is 10.1 Å². The van der Waals surface area contributed by atoms with Crippen molar-refractivity contribution < 1.29 is 4.79 Å². The minimum Gasteiger partial charge on any atom is -0.397 e. The standard InChI is InChI=1S/C17H20N2OS/c1-9-2-7-12-13(8-9)21-16(14(12)18)17(20)19-15(10-3-4-10)11-5-6-11/h2,7-8,10-11,15H,3-6,18H2,1H3,(H,19,20). The van der Waals surface area contributed by atoms with Gasteiger partial charge in [-0.2, -0.15) is 0 Å². The minimum absolute atomic E-state index is 0.0233. The van der Waals surface area contributed by atoms with Gasteiger partial charge in [0.1, 0.15) is 4.88 Å². The Morgan fingerprint density at radius 2 is 1.95 bits per heavy atom. The molecule has 1 heterocycles. The second kappa shape index (κ2) is 4.73. The number of thiophene rings is 1. The van der Waals surface area contributed by atoms with Gasteiger partial charge in [-0.25, -0.2) is 0 Å². The summed E-state index contributed by atoms with van der Waals surface area (Å²) in [6.45, 7) is 2.06. The molecule has 1 amide bonds. The molecule has 2 aliphatic carbocycles. The van der Waals surface area contributed by atoms with Crippen LogP contribution < -0.4 is 11.1 Å². The summed E-state index contributed by atoms with van der Waals surface area (Å²) in [4.78, 5) is 13.3. The largest absolute Gasteiger partial charge is 0.397 e.